The number of carbonyl (C=O) groups excluding carboxylic acids is 2. The Morgan fingerprint density at radius 2 is 1.85 bits per heavy atom. The number of amides is 1. The highest BCUT2D eigenvalue weighted by Gasteiger charge is 2.41. The van der Waals surface area contributed by atoms with E-state index in [1.807, 2.05) is 49.6 Å². The van der Waals surface area contributed by atoms with Gasteiger partial charge < -0.3 is 10.6 Å². The van der Waals surface area contributed by atoms with Crippen LogP contribution in [0.1, 0.15) is 47.6 Å². The summed E-state index contributed by atoms with van der Waals surface area (Å²) >= 11 is 1.67. The molecule has 1 aromatic heterocycles. The molecule has 34 heavy (non-hydrogen) atoms. The van der Waals surface area contributed by atoms with Crippen LogP contribution < -0.4 is 10.6 Å². The second kappa shape index (κ2) is 9.03. The van der Waals surface area contributed by atoms with Crippen LogP contribution in [0.3, 0.4) is 0 Å². The molecule has 6 heteroatoms. The number of anilines is 1. The van der Waals surface area contributed by atoms with Gasteiger partial charge in [-0.1, -0.05) is 42.0 Å². The Kier molecular flexibility index (Phi) is 5.92. The van der Waals surface area contributed by atoms with Crippen LogP contribution in [0.5, 0.6) is 0 Å². The Bertz CT molecular complexity index is 1320. The average molecular weight is 473 g/mol. The van der Waals surface area contributed by atoms with Crippen molar-refractivity contribution in [3.63, 3.8) is 0 Å². The van der Waals surface area contributed by atoms with Crippen molar-refractivity contribution in [3.8, 4) is 0 Å². The van der Waals surface area contributed by atoms with Gasteiger partial charge in [0, 0.05) is 51.4 Å². The molecule has 0 saturated heterocycles. The molecular formula is C28H25FN2O2S. The topological polar surface area (TPSA) is 58.2 Å². The van der Waals surface area contributed by atoms with Gasteiger partial charge in [0.05, 0.1) is 0 Å². The first-order valence-electron chi connectivity index (χ1n) is 11.3. The van der Waals surface area contributed by atoms with Crippen LogP contribution in [-0.4, -0.2) is 11.7 Å². The van der Waals surface area contributed by atoms with Crippen LogP contribution in [0.2, 0.25) is 0 Å². The Hall–Kier alpha value is -3.51. The molecule has 2 N–H and O–H groups in total. The van der Waals surface area contributed by atoms with Crippen molar-refractivity contribution in [1.82, 2.24) is 5.32 Å². The molecule has 2 atom stereocenters. The highest BCUT2D eigenvalue weighted by molar-refractivity contribution is 7.10. The van der Waals surface area contributed by atoms with E-state index >= 15 is 0 Å². The normalized spacial score (nSPS) is 20.1. The molecule has 0 saturated carbocycles. The van der Waals surface area contributed by atoms with Gasteiger partial charge in [0.25, 0.3) is 5.91 Å². The number of halogens is 1. The fourth-order valence-corrected chi connectivity index (χ4v) is 5.75. The molecule has 0 bridgehead atoms. The number of thiophene rings is 1. The van der Waals surface area contributed by atoms with Crippen molar-refractivity contribution in [2.24, 2.45) is 0 Å². The fraction of sp³-hybridized carbons (Fsp3) is 0.214. The number of Topliss-reactive ketones (excluding diaryl/α,β-unsaturated/α-hetero) is 1. The highest BCUT2D eigenvalue weighted by atomic mass is 32.1. The third-order valence-electron chi connectivity index (χ3n) is 6.51. The summed E-state index contributed by atoms with van der Waals surface area (Å²) in [7, 11) is 0. The predicted molar refractivity (Wildman–Crippen MR) is 133 cm³/mol. The number of dihydropyridines is 1. The maximum absolute atomic E-state index is 13.7. The molecule has 172 valence electrons. The highest BCUT2D eigenvalue weighted by Crippen LogP contribution is 2.46. The molecule has 1 amide bonds. The van der Waals surface area contributed by atoms with Crippen molar-refractivity contribution in [2.75, 3.05) is 5.32 Å². The summed E-state index contributed by atoms with van der Waals surface area (Å²) in [4.78, 5) is 28.3. The summed E-state index contributed by atoms with van der Waals surface area (Å²) in [6, 6.07) is 17.9. The third-order valence-corrected chi connectivity index (χ3v) is 7.55. The molecule has 0 spiro atoms. The number of hydrogen-bond donors (Lipinski definition) is 2. The minimum atomic E-state index is -0.484. The summed E-state index contributed by atoms with van der Waals surface area (Å²) in [6.45, 7) is 3.87. The van der Waals surface area contributed by atoms with E-state index in [1.54, 1.807) is 23.5 Å². The molecule has 0 radical (unpaired) electrons. The van der Waals surface area contributed by atoms with Gasteiger partial charge >= 0.3 is 0 Å². The lowest BCUT2D eigenvalue weighted by molar-refractivity contribution is -0.116. The number of aryl methyl sites for hydroxylation is 1. The molecular weight excluding hydrogens is 447 g/mol. The molecule has 4 nitrogen and oxygen atoms in total. The number of nitrogens with one attached hydrogen (secondary N) is 2. The molecule has 5 rings (SSSR count). The first-order valence-corrected chi connectivity index (χ1v) is 12.2. The van der Waals surface area contributed by atoms with Crippen LogP contribution in [-0.2, 0) is 9.59 Å². The smallest absolute Gasteiger partial charge is 0.254 e. The summed E-state index contributed by atoms with van der Waals surface area (Å²) in [5.74, 6) is -1.07. The van der Waals surface area contributed by atoms with Gasteiger partial charge in [-0.25, -0.2) is 4.39 Å². The van der Waals surface area contributed by atoms with Gasteiger partial charge in [0.15, 0.2) is 5.78 Å². The van der Waals surface area contributed by atoms with Crippen molar-refractivity contribution < 1.29 is 14.0 Å². The Morgan fingerprint density at radius 3 is 2.56 bits per heavy atom. The van der Waals surface area contributed by atoms with Gasteiger partial charge in [0.1, 0.15) is 5.82 Å². The van der Waals surface area contributed by atoms with Crippen LogP contribution in [0.25, 0.3) is 0 Å². The van der Waals surface area contributed by atoms with Crippen LogP contribution in [0.4, 0.5) is 10.1 Å². The van der Waals surface area contributed by atoms with Crippen molar-refractivity contribution >= 4 is 28.7 Å². The lowest BCUT2D eigenvalue weighted by Crippen LogP contribution is -2.37. The molecule has 1 aliphatic carbocycles. The second-order valence-electron chi connectivity index (χ2n) is 8.91. The number of allylic oxidation sites excluding steroid dienone is 3. The van der Waals surface area contributed by atoms with E-state index in [9.17, 15) is 14.0 Å². The number of carbonyl (C=O) groups is 2. The lowest BCUT2D eigenvalue weighted by Gasteiger charge is -2.36. The average Bonchev–Trinajstić information content (AvgIpc) is 3.33. The molecule has 0 unspecified atom stereocenters. The quantitative estimate of drug-likeness (QED) is 0.476. The van der Waals surface area contributed by atoms with Gasteiger partial charge in [-0.15, -0.1) is 11.3 Å². The van der Waals surface area contributed by atoms with E-state index < -0.39 is 11.7 Å². The molecule has 2 aromatic carbocycles. The Morgan fingerprint density at radius 1 is 1.06 bits per heavy atom. The van der Waals surface area contributed by atoms with Crippen LogP contribution in [0, 0.1) is 12.7 Å². The molecule has 3 aromatic rings. The van der Waals surface area contributed by atoms with Crippen molar-refractivity contribution in [2.45, 2.75) is 38.5 Å². The fourth-order valence-electron chi connectivity index (χ4n) is 4.92. The zero-order chi connectivity index (χ0) is 23.8. The van der Waals surface area contributed by atoms with E-state index in [-0.39, 0.29) is 17.6 Å². The predicted octanol–water partition coefficient (Wildman–Crippen LogP) is 6.20. The SMILES string of the molecule is CC1=C(C(=O)Nc2cccc(F)c2)[C@@H](c2ccc(C)cc2)C2=C(C[C@H](c3cccs3)CC2=O)N1. The van der Waals surface area contributed by atoms with Crippen molar-refractivity contribution in [3.05, 3.63) is 110 Å². The maximum Gasteiger partial charge on any atom is 0.254 e. The maximum atomic E-state index is 13.7. The van der Waals surface area contributed by atoms with Gasteiger partial charge in [0.2, 0.25) is 0 Å². The zero-order valence-corrected chi connectivity index (χ0v) is 19.8. The Balaban J connectivity index is 1.56. The molecule has 2 aliphatic rings. The van der Waals surface area contributed by atoms with E-state index in [0.717, 1.165) is 23.2 Å². The van der Waals surface area contributed by atoms with E-state index in [1.165, 1.54) is 17.0 Å². The lowest BCUT2D eigenvalue weighted by atomic mass is 9.72. The number of ketones is 1. The van der Waals surface area contributed by atoms with Gasteiger partial charge in [-0.05, 0) is 55.5 Å². The first-order chi connectivity index (χ1) is 16.4. The first kappa shape index (κ1) is 22.3. The summed E-state index contributed by atoms with van der Waals surface area (Å²) in [5.41, 5.74) is 5.11. The summed E-state index contributed by atoms with van der Waals surface area (Å²) < 4.78 is 13.7. The zero-order valence-electron chi connectivity index (χ0n) is 19.0. The largest absolute Gasteiger partial charge is 0.362 e. The monoisotopic (exact) mass is 472 g/mol. The van der Waals surface area contributed by atoms with Crippen LogP contribution in [0.15, 0.2) is 88.6 Å². The number of benzene rings is 2. The van der Waals surface area contributed by atoms with E-state index in [2.05, 4.69) is 16.7 Å². The second-order valence-corrected chi connectivity index (χ2v) is 9.89. The minimum Gasteiger partial charge on any atom is -0.362 e. The van der Waals surface area contributed by atoms with Gasteiger partial charge in [-0.2, -0.15) is 0 Å². The number of rotatable bonds is 4. The van der Waals surface area contributed by atoms with Crippen LogP contribution >= 0.6 is 11.3 Å². The van der Waals surface area contributed by atoms with E-state index in [0.29, 0.717) is 29.0 Å². The summed E-state index contributed by atoms with van der Waals surface area (Å²) in [5, 5.41) is 8.25. The third kappa shape index (κ3) is 4.21. The minimum absolute atomic E-state index is 0.0567. The van der Waals surface area contributed by atoms with Gasteiger partial charge in [-0.3, -0.25) is 9.59 Å². The summed E-state index contributed by atoms with van der Waals surface area (Å²) in [6.07, 6.45) is 1.14. The molecule has 0 fully saturated rings. The van der Waals surface area contributed by atoms with Crippen molar-refractivity contribution in [1.29, 1.82) is 0 Å². The Labute approximate surface area is 202 Å². The molecule has 1 aliphatic heterocycles. The number of hydrogen-bond acceptors (Lipinski definition) is 4. The molecule has 2 heterocycles. The van der Waals surface area contributed by atoms with E-state index in [4.69, 9.17) is 0 Å². The standard InChI is InChI=1S/C28H25FN2O2S/c1-16-8-10-18(11-9-16)26-25(28(33)31-21-6-3-5-20(29)15-21)17(2)30-22-13-19(14-23(32)27(22)26)24-7-4-12-34-24/h3-12,15,19,26,30H,13-14H2,1-2H3,(H,31,33)/t19-,26+/m0/s1.